The number of carbonyl (C=O) groups is 1. The van der Waals surface area contributed by atoms with Crippen molar-refractivity contribution in [2.75, 3.05) is 0 Å². The molecule has 88 valence electrons. The largest absolute Gasteiger partial charge is 0.298 e. The molecule has 0 fully saturated rings. The molecular weight excluding hydrogens is 249 g/mol. The van der Waals surface area contributed by atoms with E-state index in [2.05, 4.69) is 4.98 Å². The molecule has 2 nitrogen and oxygen atoms in total. The number of carbonyl (C=O) groups excluding carboxylic acids is 1. The molecule has 0 aliphatic rings. The van der Waals surface area contributed by atoms with Crippen LogP contribution in [-0.4, -0.2) is 11.3 Å². The van der Waals surface area contributed by atoms with Gasteiger partial charge in [-0.1, -0.05) is 18.2 Å². The SMILES string of the molecule is O=Cc1cccc(-c2nc3ccc(F)cc3s2)c1. The highest BCUT2D eigenvalue weighted by Gasteiger charge is 2.07. The van der Waals surface area contributed by atoms with Crippen molar-refractivity contribution in [3.63, 3.8) is 0 Å². The second-order valence-electron chi connectivity index (χ2n) is 3.87. The van der Waals surface area contributed by atoms with Crippen LogP contribution in [-0.2, 0) is 0 Å². The number of hydrogen-bond acceptors (Lipinski definition) is 3. The van der Waals surface area contributed by atoms with Crippen molar-refractivity contribution < 1.29 is 9.18 Å². The van der Waals surface area contributed by atoms with E-state index in [1.165, 1.54) is 23.5 Å². The monoisotopic (exact) mass is 257 g/mol. The first-order valence-corrected chi connectivity index (χ1v) is 6.19. The number of thiazole rings is 1. The van der Waals surface area contributed by atoms with Gasteiger partial charge in [-0.3, -0.25) is 4.79 Å². The third-order valence-corrected chi connectivity index (χ3v) is 3.69. The van der Waals surface area contributed by atoms with E-state index in [0.717, 1.165) is 27.1 Å². The van der Waals surface area contributed by atoms with Gasteiger partial charge in [-0.05, 0) is 24.3 Å². The second-order valence-corrected chi connectivity index (χ2v) is 4.91. The molecule has 0 N–H and O–H groups in total. The molecule has 0 aliphatic heterocycles. The second kappa shape index (κ2) is 4.31. The Kier molecular flexibility index (Phi) is 2.64. The number of benzene rings is 2. The summed E-state index contributed by atoms with van der Waals surface area (Å²) >= 11 is 1.42. The van der Waals surface area contributed by atoms with Crippen LogP contribution in [0.25, 0.3) is 20.8 Å². The molecule has 1 aromatic heterocycles. The molecule has 2 aromatic carbocycles. The molecule has 0 amide bonds. The van der Waals surface area contributed by atoms with Gasteiger partial charge in [0.05, 0.1) is 10.2 Å². The molecule has 0 atom stereocenters. The third kappa shape index (κ3) is 1.91. The molecule has 4 heteroatoms. The van der Waals surface area contributed by atoms with Crippen LogP contribution in [0.2, 0.25) is 0 Å². The van der Waals surface area contributed by atoms with E-state index in [0.29, 0.717) is 5.56 Å². The van der Waals surface area contributed by atoms with Crippen LogP contribution in [0.5, 0.6) is 0 Å². The average molecular weight is 257 g/mol. The summed E-state index contributed by atoms with van der Waals surface area (Å²) in [6.07, 6.45) is 0.802. The van der Waals surface area contributed by atoms with E-state index in [4.69, 9.17) is 0 Å². The van der Waals surface area contributed by atoms with Crippen LogP contribution >= 0.6 is 11.3 Å². The molecule has 0 spiro atoms. The van der Waals surface area contributed by atoms with Crippen molar-refractivity contribution in [3.8, 4) is 10.6 Å². The molecule has 3 rings (SSSR count). The van der Waals surface area contributed by atoms with E-state index in [9.17, 15) is 9.18 Å². The molecule has 3 aromatic rings. The van der Waals surface area contributed by atoms with Crippen LogP contribution in [0.3, 0.4) is 0 Å². The lowest BCUT2D eigenvalue weighted by atomic mass is 10.1. The van der Waals surface area contributed by atoms with Crippen LogP contribution in [0.4, 0.5) is 4.39 Å². The van der Waals surface area contributed by atoms with E-state index < -0.39 is 0 Å². The van der Waals surface area contributed by atoms with Crippen molar-refractivity contribution in [1.82, 2.24) is 4.98 Å². The fourth-order valence-corrected chi connectivity index (χ4v) is 2.75. The van der Waals surface area contributed by atoms with Crippen molar-refractivity contribution in [1.29, 1.82) is 0 Å². The minimum atomic E-state index is -0.264. The fraction of sp³-hybridized carbons (Fsp3) is 0. The van der Waals surface area contributed by atoms with Crippen molar-refractivity contribution in [2.24, 2.45) is 0 Å². The van der Waals surface area contributed by atoms with Gasteiger partial charge in [0.25, 0.3) is 0 Å². The number of hydrogen-bond donors (Lipinski definition) is 0. The summed E-state index contributed by atoms with van der Waals surface area (Å²) in [7, 11) is 0. The van der Waals surface area contributed by atoms with Crippen LogP contribution in [0, 0.1) is 5.82 Å². The van der Waals surface area contributed by atoms with Crippen molar-refractivity contribution >= 4 is 27.8 Å². The Hall–Kier alpha value is -2.07. The zero-order valence-electron chi connectivity index (χ0n) is 9.26. The Bertz CT molecular complexity index is 735. The summed E-state index contributed by atoms with van der Waals surface area (Å²) in [6, 6.07) is 11.7. The first kappa shape index (κ1) is 11.0. The molecule has 0 bridgehead atoms. The maximum absolute atomic E-state index is 13.1. The predicted octanol–water partition coefficient (Wildman–Crippen LogP) is 3.91. The van der Waals surface area contributed by atoms with Gasteiger partial charge in [0.15, 0.2) is 0 Å². The molecule has 0 saturated carbocycles. The van der Waals surface area contributed by atoms with Gasteiger partial charge in [0, 0.05) is 11.1 Å². The molecule has 1 heterocycles. The molecule has 18 heavy (non-hydrogen) atoms. The highest BCUT2D eigenvalue weighted by Crippen LogP contribution is 2.30. The van der Waals surface area contributed by atoms with Gasteiger partial charge in [-0.15, -0.1) is 11.3 Å². The summed E-state index contributed by atoms with van der Waals surface area (Å²) in [5.74, 6) is -0.264. The lowest BCUT2D eigenvalue weighted by Gasteiger charge is -1.95. The van der Waals surface area contributed by atoms with Crippen molar-refractivity contribution in [3.05, 3.63) is 53.8 Å². The van der Waals surface area contributed by atoms with Gasteiger partial charge in [-0.2, -0.15) is 0 Å². The quantitative estimate of drug-likeness (QED) is 0.651. The lowest BCUT2D eigenvalue weighted by molar-refractivity contribution is 0.112. The van der Waals surface area contributed by atoms with Crippen molar-refractivity contribution in [2.45, 2.75) is 0 Å². The standard InChI is InChI=1S/C14H8FNOS/c15-11-4-5-12-13(7-11)18-14(16-12)10-3-1-2-9(6-10)8-17/h1-8H. The summed E-state index contributed by atoms with van der Waals surface area (Å²) in [5, 5.41) is 0.791. The highest BCUT2D eigenvalue weighted by atomic mass is 32.1. The van der Waals surface area contributed by atoms with Crippen LogP contribution < -0.4 is 0 Å². The maximum Gasteiger partial charge on any atom is 0.150 e. The van der Waals surface area contributed by atoms with Crippen LogP contribution in [0.1, 0.15) is 10.4 Å². The minimum absolute atomic E-state index is 0.264. The summed E-state index contributed by atoms with van der Waals surface area (Å²) in [4.78, 5) is 15.2. The molecule has 0 aliphatic carbocycles. The molecule has 0 radical (unpaired) electrons. The first-order chi connectivity index (χ1) is 8.76. The Morgan fingerprint density at radius 1 is 1.17 bits per heavy atom. The average Bonchev–Trinajstić information content (AvgIpc) is 2.81. The van der Waals surface area contributed by atoms with E-state index in [1.807, 2.05) is 12.1 Å². The van der Waals surface area contributed by atoms with Gasteiger partial charge in [-0.25, -0.2) is 9.37 Å². The van der Waals surface area contributed by atoms with Gasteiger partial charge >= 0.3 is 0 Å². The third-order valence-electron chi connectivity index (χ3n) is 2.62. The number of nitrogens with zero attached hydrogens (tertiary/aromatic N) is 1. The zero-order valence-corrected chi connectivity index (χ0v) is 10.1. The first-order valence-electron chi connectivity index (χ1n) is 5.38. The fourth-order valence-electron chi connectivity index (χ4n) is 1.77. The summed E-state index contributed by atoms with van der Waals surface area (Å²) < 4.78 is 13.9. The molecule has 0 saturated heterocycles. The highest BCUT2D eigenvalue weighted by molar-refractivity contribution is 7.21. The maximum atomic E-state index is 13.1. The Morgan fingerprint density at radius 2 is 2.06 bits per heavy atom. The number of fused-ring (bicyclic) bond motifs is 1. The molecular formula is C14H8FNOS. The van der Waals surface area contributed by atoms with Gasteiger partial charge < -0.3 is 0 Å². The smallest absolute Gasteiger partial charge is 0.150 e. The zero-order chi connectivity index (χ0) is 12.5. The predicted molar refractivity (Wildman–Crippen MR) is 70.4 cm³/mol. The topological polar surface area (TPSA) is 30.0 Å². The number of rotatable bonds is 2. The number of aldehydes is 1. The minimum Gasteiger partial charge on any atom is -0.298 e. The van der Waals surface area contributed by atoms with Gasteiger partial charge in [0.2, 0.25) is 0 Å². The Balaban J connectivity index is 2.15. The summed E-state index contributed by atoms with van der Waals surface area (Å²) in [5.41, 5.74) is 2.26. The van der Waals surface area contributed by atoms with E-state index in [1.54, 1.807) is 18.2 Å². The Labute approximate surface area is 107 Å². The Morgan fingerprint density at radius 3 is 2.89 bits per heavy atom. The summed E-state index contributed by atoms with van der Waals surface area (Å²) in [6.45, 7) is 0. The van der Waals surface area contributed by atoms with Crippen LogP contribution in [0.15, 0.2) is 42.5 Å². The number of halogens is 1. The van der Waals surface area contributed by atoms with E-state index >= 15 is 0 Å². The van der Waals surface area contributed by atoms with E-state index in [-0.39, 0.29) is 5.82 Å². The normalized spacial score (nSPS) is 10.7. The lowest BCUT2D eigenvalue weighted by Crippen LogP contribution is -1.81. The molecule has 0 unspecified atom stereocenters. The van der Waals surface area contributed by atoms with Gasteiger partial charge in [0.1, 0.15) is 17.1 Å². The number of aromatic nitrogens is 1.